The summed E-state index contributed by atoms with van der Waals surface area (Å²) in [4.78, 5) is 34.1. The molecular weight excluding hydrogens is 424 g/mol. The summed E-state index contributed by atoms with van der Waals surface area (Å²) in [6, 6.07) is 1.93. The summed E-state index contributed by atoms with van der Waals surface area (Å²) in [5.74, 6) is 3.66. The third kappa shape index (κ3) is 4.86. The fourth-order valence-electron chi connectivity index (χ4n) is 5.41. The minimum absolute atomic E-state index is 0.114. The van der Waals surface area contributed by atoms with Crippen molar-refractivity contribution < 1.29 is 24.2 Å². The van der Waals surface area contributed by atoms with Gasteiger partial charge in [0, 0.05) is 31.7 Å². The maximum absolute atomic E-state index is 13.6. The second-order valence-corrected chi connectivity index (χ2v) is 9.17. The number of anilines is 2. The highest BCUT2D eigenvalue weighted by atomic mass is 16.5. The number of carbonyl (C=O) groups excluding carboxylic acids is 2. The Kier molecular flexibility index (Phi) is 6.94. The van der Waals surface area contributed by atoms with E-state index in [4.69, 9.17) is 15.9 Å². The van der Waals surface area contributed by atoms with Gasteiger partial charge < -0.3 is 24.4 Å². The van der Waals surface area contributed by atoms with Crippen molar-refractivity contribution >= 4 is 23.5 Å². The standard InChI is InChI=1S/C24H32N4O5/c1-3-13-33-23(31)26-17-14-20(32-2)21(25-15-17)27-11-4-9-24(16-27)10-12-28(22(24)30)18-5-7-19(29)8-6-18/h1,14-15,18-19,29H,4-13,16H2,2H3,(H,26,31)/t18?,19?,24-/m0/s1. The molecule has 2 saturated heterocycles. The Morgan fingerprint density at radius 1 is 1.33 bits per heavy atom. The van der Waals surface area contributed by atoms with E-state index < -0.39 is 11.5 Å². The predicted octanol–water partition coefficient (Wildman–Crippen LogP) is 2.39. The van der Waals surface area contributed by atoms with Crippen LogP contribution in [0, 0.1) is 17.8 Å². The monoisotopic (exact) mass is 456 g/mol. The zero-order valence-corrected chi connectivity index (χ0v) is 19.1. The Morgan fingerprint density at radius 2 is 2.12 bits per heavy atom. The van der Waals surface area contributed by atoms with Gasteiger partial charge in [-0.05, 0) is 44.9 Å². The number of carbonyl (C=O) groups is 2. The van der Waals surface area contributed by atoms with Gasteiger partial charge in [-0.3, -0.25) is 10.1 Å². The van der Waals surface area contributed by atoms with E-state index in [1.165, 1.54) is 0 Å². The zero-order valence-electron chi connectivity index (χ0n) is 19.1. The summed E-state index contributed by atoms with van der Waals surface area (Å²) in [6.07, 6.45) is 11.7. The first-order valence-electron chi connectivity index (χ1n) is 11.6. The number of piperidine rings is 1. The van der Waals surface area contributed by atoms with Crippen LogP contribution in [0.5, 0.6) is 5.75 Å². The van der Waals surface area contributed by atoms with E-state index in [2.05, 4.69) is 26.0 Å². The van der Waals surface area contributed by atoms with Crippen molar-refractivity contribution in [3.8, 4) is 18.1 Å². The number of likely N-dealkylation sites (tertiary alicyclic amines) is 1. The highest BCUT2D eigenvalue weighted by Crippen LogP contribution is 2.44. The number of aliphatic hydroxyl groups excluding tert-OH is 1. The van der Waals surface area contributed by atoms with Crippen LogP contribution in [0.25, 0.3) is 0 Å². The van der Waals surface area contributed by atoms with Crippen LogP contribution in [0.15, 0.2) is 12.3 Å². The van der Waals surface area contributed by atoms with E-state index in [9.17, 15) is 14.7 Å². The molecule has 4 rings (SSSR count). The predicted molar refractivity (Wildman–Crippen MR) is 123 cm³/mol. The summed E-state index contributed by atoms with van der Waals surface area (Å²) in [5.41, 5.74) is 0.0312. The molecule has 1 aromatic rings. The number of methoxy groups -OCH3 is 1. The van der Waals surface area contributed by atoms with Gasteiger partial charge in [0.15, 0.2) is 18.2 Å². The number of nitrogens with one attached hydrogen (secondary N) is 1. The van der Waals surface area contributed by atoms with Crippen molar-refractivity contribution in [2.45, 2.75) is 57.1 Å². The average molecular weight is 457 g/mol. The van der Waals surface area contributed by atoms with Gasteiger partial charge in [-0.1, -0.05) is 5.92 Å². The lowest BCUT2D eigenvalue weighted by Crippen LogP contribution is -2.50. The molecule has 178 valence electrons. The molecule has 2 amide bonds. The van der Waals surface area contributed by atoms with Crippen molar-refractivity contribution in [3.05, 3.63) is 12.3 Å². The summed E-state index contributed by atoms with van der Waals surface area (Å²) in [5, 5.41) is 12.4. The van der Waals surface area contributed by atoms with Crippen LogP contribution in [-0.4, -0.2) is 72.5 Å². The number of ether oxygens (including phenoxy) is 2. The van der Waals surface area contributed by atoms with Gasteiger partial charge in [-0.25, -0.2) is 9.78 Å². The van der Waals surface area contributed by atoms with Gasteiger partial charge in [-0.2, -0.15) is 0 Å². The molecule has 0 radical (unpaired) electrons. The number of pyridine rings is 1. The molecule has 3 fully saturated rings. The molecule has 1 atom stereocenters. The fraction of sp³-hybridized carbons (Fsp3) is 0.625. The summed E-state index contributed by atoms with van der Waals surface area (Å²) < 4.78 is 10.4. The van der Waals surface area contributed by atoms with Crippen LogP contribution >= 0.6 is 0 Å². The quantitative estimate of drug-likeness (QED) is 0.656. The molecule has 3 aliphatic rings. The second-order valence-electron chi connectivity index (χ2n) is 9.17. The van der Waals surface area contributed by atoms with E-state index >= 15 is 0 Å². The molecular formula is C24H32N4O5. The molecule has 0 bridgehead atoms. The van der Waals surface area contributed by atoms with Gasteiger partial charge in [-0.15, -0.1) is 6.42 Å². The lowest BCUT2D eigenvalue weighted by Gasteiger charge is -2.41. The molecule has 1 aliphatic carbocycles. The molecule has 0 aromatic carbocycles. The third-order valence-corrected chi connectivity index (χ3v) is 7.12. The SMILES string of the molecule is C#CCOC(=O)Nc1cnc(N2CCC[C@]3(CCN(C4CCC(O)CC4)C3=O)C2)c(OC)c1. The van der Waals surface area contributed by atoms with Gasteiger partial charge in [0.1, 0.15) is 0 Å². The lowest BCUT2D eigenvalue weighted by atomic mass is 9.78. The van der Waals surface area contributed by atoms with E-state index in [1.54, 1.807) is 19.4 Å². The van der Waals surface area contributed by atoms with Crippen molar-refractivity contribution in [2.75, 3.05) is 43.6 Å². The maximum atomic E-state index is 13.6. The Balaban J connectivity index is 1.46. The second kappa shape index (κ2) is 9.87. The zero-order chi connectivity index (χ0) is 23.4. The Labute approximate surface area is 194 Å². The first-order valence-corrected chi connectivity index (χ1v) is 11.6. The number of hydrogen-bond donors (Lipinski definition) is 2. The van der Waals surface area contributed by atoms with Crippen LogP contribution in [0.4, 0.5) is 16.3 Å². The summed E-state index contributed by atoms with van der Waals surface area (Å²) in [7, 11) is 1.56. The molecule has 1 spiro atoms. The van der Waals surface area contributed by atoms with Crippen LogP contribution < -0.4 is 15.0 Å². The molecule has 1 aromatic heterocycles. The van der Waals surface area contributed by atoms with Crippen LogP contribution in [-0.2, 0) is 9.53 Å². The number of amides is 2. The van der Waals surface area contributed by atoms with Crippen LogP contribution in [0.1, 0.15) is 44.9 Å². The molecule has 2 aliphatic heterocycles. The smallest absolute Gasteiger partial charge is 0.412 e. The first kappa shape index (κ1) is 23.2. The van der Waals surface area contributed by atoms with E-state index in [0.29, 0.717) is 23.8 Å². The highest BCUT2D eigenvalue weighted by molar-refractivity contribution is 5.87. The first-order chi connectivity index (χ1) is 16.0. The van der Waals surface area contributed by atoms with Gasteiger partial charge in [0.2, 0.25) is 5.91 Å². The van der Waals surface area contributed by atoms with Crippen molar-refractivity contribution in [2.24, 2.45) is 5.41 Å². The molecule has 33 heavy (non-hydrogen) atoms. The maximum Gasteiger partial charge on any atom is 0.412 e. The number of terminal acetylenes is 1. The summed E-state index contributed by atoms with van der Waals surface area (Å²) >= 11 is 0. The number of aliphatic hydroxyl groups is 1. The van der Waals surface area contributed by atoms with Gasteiger partial charge in [0.05, 0.1) is 30.5 Å². The van der Waals surface area contributed by atoms with E-state index in [1.807, 2.05) is 0 Å². The van der Waals surface area contributed by atoms with Crippen molar-refractivity contribution in [3.63, 3.8) is 0 Å². The summed E-state index contributed by atoms with van der Waals surface area (Å²) in [6.45, 7) is 2.04. The van der Waals surface area contributed by atoms with Gasteiger partial charge in [0.25, 0.3) is 0 Å². The van der Waals surface area contributed by atoms with E-state index in [0.717, 1.165) is 58.0 Å². The van der Waals surface area contributed by atoms with Gasteiger partial charge >= 0.3 is 6.09 Å². The number of nitrogens with zero attached hydrogens (tertiary/aromatic N) is 3. The molecule has 2 N–H and O–H groups in total. The molecule has 1 saturated carbocycles. The minimum atomic E-state index is -0.659. The molecule has 3 heterocycles. The van der Waals surface area contributed by atoms with Crippen molar-refractivity contribution in [1.82, 2.24) is 9.88 Å². The Hall–Kier alpha value is -2.99. The largest absolute Gasteiger partial charge is 0.493 e. The van der Waals surface area contributed by atoms with Crippen molar-refractivity contribution in [1.29, 1.82) is 0 Å². The molecule has 9 heteroatoms. The fourth-order valence-corrected chi connectivity index (χ4v) is 5.41. The lowest BCUT2D eigenvalue weighted by molar-refractivity contribution is -0.139. The number of rotatable bonds is 5. The normalized spacial score (nSPS) is 27.4. The topological polar surface area (TPSA) is 104 Å². The third-order valence-electron chi connectivity index (χ3n) is 7.12. The highest BCUT2D eigenvalue weighted by Gasteiger charge is 2.51. The molecule has 0 unspecified atom stereocenters. The number of hydrogen-bond acceptors (Lipinski definition) is 7. The minimum Gasteiger partial charge on any atom is -0.493 e. The van der Waals surface area contributed by atoms with Crippen LogP contribution in [0.2, 0.25) is 0 Å². The molecule has 9 nitrogen and oxygen atoms in total. The number of aromatic nitrogens is 1. The Bertz CT molecular complexity index is 924. The Morgan fingerprint density at radius 3 is 2.85 bits per heavy atom. The van der Waals surface area contributed by atoms with E-state index in [-0.39, 0.29) is 24.7 Å². The average Bonchev–Trinajstić information content (AvgIpc) is 3.13. The van der Waals surface area contributed by atoms with Crippen LogP contribution in [0.3, 0.4) is 0 Å².